The zero-order chi connectivity index (χ0) is 36.3. The Hall–Kier alpha value is -6.68. The van der Waals surface area contributed by atoms with Crippen molar-refractivity contribution < 1.29 is 4.42 Å². The topological polar surface area (TPSA) is 16.4 Å². The first kappa shape index (κ1) is 31.8. The second-order valence-corrected chi connectivity index (χ2v) is 15.5. The van der Waals surface area contributed by atoms with E-state index in [1.165, 1.54) is 64.5 Å². The maximum atomic E-state index is 6.44. The summed E-state index contributed by atoms with van der Waals surface area (Å²) < 4.78 is 9.05. The molecule has 1 aliphatic carbocycles. The van der Waals surface area contributed by atoms with E-state index in [-0.39, 0.29) is 6.04 Å². The van der Waals surface area contributed by atoms with Crippen molar-refractivity contribution in [1.82, 2.24) is 0 Å². The molecule has 0 aliphatic heterocycles. The van der Waals surface area contributed by atoms with Gasteiger partial charge in [0.2, 0.25) is 0 Å². The van der Waals surface area contributed by atoms with Crippen molar-refractivity contribution in [1.29, 1.82) is 0 Å². The maximum Gasteiger partial charge on any atom is 0.136 e. The average molecular weight is 722 g/mol. The predicted molar refractivity (Wildman–Crippen MR) is 235 cm³/mol. The monoisotopic (exact) mass is 721 g/mol. The molecule has 0 bridgehead atoms. The highest BCUT2D eigenvalue weighted by molar-refractivity contribution is 7.25. The van der Waals surface area contributed by atoms with E-state index in [2.05, 4.69) is 193 Å². The van der Waals surface area contributed by atoms with Gasteiger partial charge in [-0.05, 0) is 87.5 Å². The van der Waals surface area contributed by atoms with Gasteiger partial charge in [-0.1, -0.05) is 152 Å². The van der Waals surface area contributed by atoms with Crippen LogP contribution >= 0.6 is 11.3 Å². The first-order chi connectivity index (χ1) is 27.3. The van der Waals surface area contributed by atoms with Crippen LogP contribution in [0.1, 0.15) is 17.5 Å². The van der Waals surface area contributed by atoms with Crippen molar-refractivity contribution in [2.45, 2.75) is 12.5 Å². The molecule has 55 heavy (non-hydrogen) atoms. The third-order valence-corrected chi connectivity index (χ3v) is 12.4. The first-order valence-electron chi connectivity index (χ1n) is 18.9. The van der Waals surface area contributed by atoms with Crippen LogP contribution in [0.3, 0.4) is 0 Å². The van der Waals surface area contributed by atoms with Crippen LogP contribution in [0.4, 0.5) is 11.4 Å². The number of benzene rings is 8. The Bertz CT molecular complexity index is 3140. The van der Waals surface area contributed by atoms with E-state index in [4.69, 9.17) is 4.42 Å². The number of anilines is 2. The van der Waals surface area contributed by atoms with E-state index in [0.29, 0.717) is 0 Å². The molecule has 2 nitrogen and oxygen atoms in total. The van der Waals surface area contributed by atoms with Crippen LogP contribution in [0.25, 0.3) is 75.2 Å². The maximum absolute atomic E-state index is 6.44. The zero-order valence-electron chi connectivity index (χ0n) is 30.0. The summed E-state index contributed by atoms with van der Waals surface area (Å²) in [6, 6.07) is 66.1. The summed E-state index contributed by atoms with van der Waals surface area (Å²) in [4.78, 5) is 2.62. The molecular formula is C52H35NOS. The molecule has 3 heteroatoms. The quantitative estimate of drug-likeness (QED) is 0.170. The van der Waals surface area contributed by atoms with Gasteiger partial charge >= 0.3 is 0 Å². The lowest BCUT2D eigenvalue weighted by molar-refractivity contribution is 0.669. The second kappa shape index (κ2) is 13.0. The number of fused-ring (bicyclic) bond motifs is 7. The van der Waals surface area contributed by atoms with Gasteiger partial charge in [0.1, 0.15) is 11.2 Å². The van der Waals surface area contributed by atoms with E-state index < -0.39 is 0 Å². The van der Waals surface area contributed by atoms with Gasteiger partial charge in [0, 0.05) is 47.9 Å². The normalized spacial score (nSPS) is 14.5. The summed E-state index contributed by atoms with van der Waals surface area (Å²) in [5.41, 5.74) is 11.6. The minimum absolute atomic E-state index is 0.0230. The largest absolute Gasteiger partial charge is 0.456 e. The van der Waals surface area contributed by atoms with E-state index in [1.54, 1.807) is 0 Å². The molecule has 10 aromatic rings. The number of furan rings is 1. The number of rotatable bonds is 6. The minimum atomic E-state index is -0.0230. The molecule has 0 spiro atoms. The van der Waals surface area contributed by atoms with Crippen LogP contribution in [0.5, 0.6) is 0 Å². The molecule has 1 atom stereocenters. The summed E-state index contributed by atoms with van der Waals surface area (Å²) in [6.07, 6.45) is 5.56. The molecule has 0 radical (unpaired) electrons. The van der Waals surface area contributed by atoms with Crippen molar-refractivity contribution >= 4 is 86.7 Å². The molecule has 0 saturated carbocycles. The molecule has 8 aromatic carbocycles. The van der Waals surface area contributed by atoms with Crippen LogP contribution in [0.2, 0.25) is 0 Å². The lowest BCUT2D eigenvalue weighted by Crippen LogP contribution is -2.34. The van der Waals surface area contributed by atoms with Crippen molar-refractivity contribution in [3.8, 4) is 11.1 Å². The Labute approximate surface area is 323 Å². The number of hydrogen-bond donors (Lipinski definition) is 0. The fraction of sp³-hybridized carbons (Fsp3) is 0.0385. The number of para-hydroxylation sites is 2. The lowest BCUT2D eigenvalue weighted by atomic mass is 9.83. The Morgan fingerprint density at radius 3 is 2.09 bits per heavy atom. The Morgan fingerprint density at radius 1 is 0.491 bits per heavy atom. The van der Waals surface area contributed by atoms with Crippen LogP contribution in [-0.2, 0) is 0 Å². The predicted octanol–water partition coefficient (Wildman–Crippen LogP) is 14.9. The SMILES string of the molecule is C1=C(c2cccc3ccccc23)CC(N(c2ccc3sc4ccccc4c3c2)c2ccccc2-c2cccc3oc4ccccc4c23)C(c2ccccc2)=C1. The molecule has 0 N–H and O–H groups in total. The summed E-state index contributed by atoms with van der Waals surface area (Å²) >= 11 is 1.86. The molecule has 0 fully saturated rings. The Balaban J connectivity index is 1.18. The van der Waals surface area contributed by atoms with Gasteiger partial charge in [0.15, 0.2) is 0 Å². The van der Waals surface area contributed by atoms with E-state index in [0.717, 1.165) is 39.6 Å². The van der Waals surface area contributed by atoms with Crippen molar-refractivity contribution in [3.05, 3.63) is 205 Å². The highest BCUT2D eigenvalue weighted by atomic mass is 32.1. The van der Waals surface area contributed by atoms with Gasteiger partial charge in [-0.2, -0.15) is 0 Å². The molecule has 0 amide bonds. The second-order valence-electron chi connectivity index (χ2n) is 14.4. The van der Waals surface area contributed by atoms with Crippen molar-refractivity contribution in [3.63, 3.8) is 0 Å². The third kappa shape index (κ3) is 5.31. The highest BCUT2D eigenvalue weighted by Crippen LogP contribution is 2.48. The smallest absolute Gasteiger partial charge is 0.136 e. The van der Waals surface area contributed by atoms with Gasteiger partial charge in [0.25, 0.3) is 0 Å². The molecule has 1 aliphatic rings. The molecule has 260 valence electrons. The lowest BCUT2D eigenvalue weighted by Gasteiger charge is -2.39. The van der Waals surface area contributed by atoms with Crippen LogP contribution in [0.15, 0.2) is 199 Å². The standard InChI is InChI=1S/C52H35NOS/c1-2-14-35(15-3-1)40-30-28-36(39-22-12-17-34-16-4-5-18-38(34)39)32-47(40)53(37-29-31-51-45(33-37)42-20-8-11-27-50(42)55-51)46-24-9-6-19-41(46)43-23-13-26-49-52(43)44-21-7-10-25-48(44)54-49/h1-31,33,47H,32H2. The van der Waals surface area contributed by atoms with E-state index in [9.17, 15) is 0 Å². The van der Waals surface area contributed by atoms with Crippen LogP contribution in [0, 0.1) is 0 Å². The fourth-order valence-corrected chi connectivity index (χ4v) is 9.89. The van der Waals surface area contributed by atoms with Crippen molar-refractivity contribution in [2.24, 2.45) is 0 Å². The molecular weight excluding hydrogens is 687 g/mol. The van der Waals surface area contributed by atoms with Gasteiger partial charge in [-0.25, -0.2) is 0 Å². The number of hydrogen-bond acceptors (Lipinski definition) is 3. The van der Waals surface area contributed by atoms with E-state index >= 15 is 0 Å². The Morgan fingerprint density at radius 2 is 1.16 bits per heavy atom. The van der Waals surface area contributed by atoms with Crippen LogP contribution < -0.4 is 4.90 Å². The fourth-order valence-electron chi connectivity index (χ4n) is 8.80. The number of nitrogens with zero attached hydrogens (tertiary/aromatic N) is 1. The molecule has 1 unspecified atom stereocenters. The van der Waals surface area contributed by atoms with Gasteiger partial charge < -0.3 is 9.32 Å². The summed E-state index contributed by atoms with van der Waals surface area (Å²) in [5, 5.41) is 7.39. The molecule has 2 heterocycles. The van der Waals surface area contributed by atoms with Gasteiger partial charge in [-0.3, -0.25) is 0 Å². The van der Waals surface area contributed by atoms with Gasteiger partial charge in [-0.15, -0.1) is 11.3 Å². The zero-order valence-corrected chi connectivity index (χ0v) is 30.8. The third-order valence-electron chi connectivity index (χ3n) is 11.3. The first-order valence-corrected chi connectivity index (χ1v) is 19.7. The number of allylic oxidation sites excluding steroid dienone is 2. The summed E-state index contributed by atoms with van der Waals surface area (Å²) in [6.45, 7) is 0. The molecule has 11 rings (SSSR count). The van der Waals surface area contributed by atoms with E-state index in [1.807, 2.05) is 17.4 Å². The van der Waals surface area contributed by atoms with Crippen molar-refractivity contribution in [2.75, 3.05) is 4.90 Å². The highest BCUT2D eigenvalue weighted by Gasteiger charge is 2.31. The molecule has 0 saturated heterocycles. The van der Waals surface area contributed by atoms with Gasteiger partial charge in [0.05, 0.1) is 6.04 Å². The summed E-state index contributed by atoms with van der Waals surface area (Å²) in [5.74, 6) is 0. The summed E-state index contributed by atoms with van der Waals surface area (Å²) in [7, 11) is 0. The van der Waals surface area contributed by atoms with Crippen LogP contribution in [-0.4, -0.2) is 6.04 Å². The average Bonchev–Trinajstić information content (AvgIpc) is 3.82. The minimum Gasteiger partial charge on any atom is -0.456 e. The molecule has 2 aromatic heterocycles. The number of thiophene rings is 1. The Kier molecular flexibility index (Phi) is 7.53.